The first-order valence-electron chi connectivity index (χ1n) is 10.3. The van der Waals surface area contributed by atoms with Gasteiger partial charge in [-0.15, -0.1) is 0 Å². The number of hydrogen-bond acceptors (Lipinski definition) is 3. The van der Waals surface area contributed by atoms with Crippen LogP contribution in [0.25, 0.3) is 6.08 Å². The lowest BCUT2D eigenvalue weighted by Crippen LogP contribution is -2.40. The Morgan fingerprint density at radius 3 is 2.60 bits per heavy atom. The van der Waals surface area contributed by atoms with Crippen molar-refractivity contribution in [3.05, 3.63) is 65.2 Å². The van der Waals surface area contributed by atoms with Crippen molar-refractivity contribution in [2.75, 3.05) is 25.0 Å². The number of nitrogens with zero attached hydrogens (tertiary/aromatic N) is 1. The third kappa shape index (κ3) is 6.10. The van der Waals surface area contributed by atoms with Crippen LogP contribution >= 0.6 is 11.6 Å². The zero-order valence-corrected chi connectivity index (χ0v) is 17.9. The molecule has 0 unspecified atom stereocenters. The number of ether oxygens (including phenoxy) is 1. The van der Waals surface area contributed by atoms with Gasteiger partial charge in [-0.2, -0.15) is 0 Å². The summed E-state index contributed by atoms with van der Waals surface area (Å²) in [6.45, 7) is 3.72. The highest BCUT2D eigenvalue weighted by Gasteiger charge is 2.27. The first-order chi connectivity index (χ1) is 14.6. The van der Waals surface area contributed by atoms with Crippen molar-refractivity contribution in [3.63, 3.8) is 0 Å². The van der Waals surface area contributed by atoms with Gasteiger partial charge in [-0.05, 0) is 49.1 Å². The van der Waals surface area contributed by atoms with E-state index >= 15 is 0 Å². The van der Waals surface area contributed by atoms with Crippen LogP contribution in [0.15, 0.2) is 54.6 Å². The summed E-state index contributed by atoms with van der Waals surface area (Å²) in [5, 5.41) is 3.50. The van der Waals surface area contributed by atoms with E-state index in [1.54, 1.807) is 29.2 Å². The van der Waals surface area contributed by atoms with Crippen molar-refractivity contribution >= 4 is 35.2 Å². The van der Waals surface area contributed by atoms with Gasteiger partial charge in [-0.25, -0.2) is 0 Å². The predicted octanol–water partition coefficient (Wildman–Crippen LogP) is 5.02. The Kier molecular flexibility index (Phi) is 7.91. The maximum absolute atomic E-state index is 12.8. The molecule has 1 aliphatic heterocycles. The van der Waals surface area contributed by atoms with Crippen LogP contribution < -0.4 is 10.1 Å². The number of hydrogen-bond donors (Lipinski definition) is 1. The smallest absolute Gasteiger partial charge is 0.246 e. The van der Waals surface area contributed by atoms with Crippen molar-refractivity contribution in [3.8, 4) is 5.75 Å². The summed E-state index contributed by atoms with van der Waals surface area (Å²) in [7, 11) is 0. The molecule has 6 heteroatoms. The summed E-state index contributed by atoms with van der Waals surface area (Å²) in [5.74, 6) is 0.381. The van der Waals surface area contributed by atoms with Crippen LogP contribution in [0.5, 0.6) is 5.75 Å². The average molecular weight is 427 g/mol. The second kappa shape index (κ2) is 10.8. The minimum atomic E-state index is -0.148. The second-order valence-electron chi connectivity index (χ2n) is 7.32. The highest BCUT2D eigenvalue weighted by atomic mass is 35.5. The van der Waals surface area contributed by atoms with Gasteiger partial charge in [-0.3, -0.25) is 9.59 Å². The number of halogens is 1. The summed E-state index contributed by atoms with van der Waals surface area (Å²) in [5.41, 5.74) is 1.58. The molecule has 0 aromatic heterocycles. The number of rotatable bonds is 7. The van der Waals surface area contributed by atoms with Crippen molar-refractivity contribution in [1.82, 2.24) is 4.90 Å². The first-order valence-corrected chi connectivity index (χ1v) is 10.7. The molecule has 1 aliphatic rings. The number of amides is 2. The van der Waals surface area contributed by atoms with E-state index in [9.17, 15) is 9.59 Å². The van der Waals surface area contributed by atoms with E-state index in [1.807, 2.05) is 43.3 Å². The van der Waals surface area contributed by atoms with Crippen LogP contribution in [0.1, 0.15) is 31.7 Å². The summed E-state index contributed by atoms with van der Waals surface area (Å²) in [6, 6.07) is 14.9. The number of anilines is 1. The molecule has 3 rings (SSSR count). The largest absolute Gasteiger partial charge is 0.491 e. The molecule has 2 aromatic rings. The Labute approximate surface area is 182 Å². The van der Waals surface area contributed by atoms with E-state index in [0.717, 1.165) is 12.0 Å². The van der Waals surface area contributed by atoms with E-state index in [2.05, 4.69) is 5.32 Å². The van der Waals surface area contributed by atoms with Gasteiger partial charge >= 0.3 is 0 Å². The highest BCUT2D eigenvalue weighted by Crippen LogP contribution is 2.29. The summed E-state index contributed by atoms with van der Waals surface area (Å²) >= 11 is 6.09. The molecule has 2 amide bonds. The molecule has 0 radical (unpaired) electrons. The van der Waals surface area contributed by atoms with Gasteiger partial charge in [0, 0.05) is 30.1 Å². The molecule has 0 saturated carbocycles. The van der Waals surface area contributed by atoms with Crippen LogP contribution in [0.2, 0.25) is 5.02 Å². The lowest BCUT2D eigenvalue weighted by Gasteiger charge is -2.30. The normalized spacial score (nSPS) is 14.7. The summed E-state index contributed by atoms with van der Waals surface area (Å²) < 4.78 is 5.71. The molecule has 0 bridgehead atoms. The number of piperidine rings is 1. The third-order valence-corrected chi connectivity index (χ3v) is 5.29. The Morgan fingerprint density at radius 2 is 1.90 bits per heavy atom. The molecule has 0 atom stereocenters. The van der Waals surface area contributed by atoms with Gasteiger partial charge in [0.2, 0.25) is 11.8 Å². The van der Waals surface area contributed by atoms with Crippen LogP contribution in [0, 0.1) is 5.92 Å². The third-order valence-electron chi connectivity index (χ3n) is 5.06. The number of carbonyl (C=O) groups is 2. The first kappa shape index (κ1) is 21.9. The van der Waals surface area contributed by atoms with Gasteiger partial charge in [0.1, 0.15) is 5.75 Å². The van der Waals surface area contributed by atoms with Gasteiger partial charge < -0.3 is 15.0 Å². The topological polar surface area (TPSA) is 58.6 Å². The standard InChI is InChI=1S/C24H27ClN2O3/c1-2-16-30-22-10-9-20(25)17-21(22)26-24(29)19-12-14-27(15-13-19)23(28)11-8-18-6-4-3-5-7-18/h3-11,17,19H,2,12-16H2,1H3,(H,26,29)/b11-8+. The molecular formula is C24H27ClN2O3. The van der Waals surface area contributed by atoms with Crippen LogP contribution in [0.4, 0.5) is 5.69 Å². The number of nitrogens with one attached hydrogen (secondary N) is 1. The van der Waals surface area contributed by atoms with E-state index in [0.29, 0.717) is 49.0 Å². The molecule has 0 spiro atoms. The number of benzene rings is 2. The molecule has 1 heterocycles. The molecule has 158 valence electrons. The van der Waals surface area contributed by atoms with Gasteiger partial charge in [0.25, 0.3) is 0 Å². The number of carbonyl (C=O) groups excluding carboxylic acids is 2. The maximum atomic E-state index is 12.8. The summed E-state index contributed by atoms with van der Waals surface area (Å²) in [6.07, 6.45) is 5.54. The molecule has 0 aliphatic carbocycles. The molecule has 2 aromatic carbocycles. The molecular weight excluding hydrogens is 400 g/mol. The van der Waals surface area contributed by atoms with Gasteiger partial charge in [0.15, 0.2) is 0 Å². The van der Waals surface area contributed by atoms with E-state index in [1.165, 1.54) is 0 Å². The molecule has 1 fully saturated rings. The van der Waals surface area contributed by atoms with Crippen molar-refractivity contribution in [2.24, 2.45) is 5.92 Å². The molecule has 1 saturated heterocycles. The van der Waals surface area contributed by atoms with Crippen LogP contribution in [-0.2, 0) is 9.59 Å². The SMILES string of the molecule is CCCOc1ccc(Cl)cc1NC(=O)C1CCN(C(=O)/C=C/c2ccccc2)CC1. The predicted molar refractivity (Wildman–Crippen MR) is 121 cm³/mol. The quantitative estimate of drug-likeness (QED) is 0.632. The molecule has 30 heavy (non-hydrogen) atoms. The fourth-order valence-corrected chi connectivity index (χ4v) is 3.54. The van der Waals surface area contributed by atoms with Crippen molar-refractivity contribution < 1.29 is 14.3 Å². The second-order valence-corrected chi connectivity index (χ2v) is 7.76. The Morgan fingerprint density at radius 1 is 1.17 bits per heavy atom. The fourth-order valence-electron chi connectivity index (χ4n) is 3.37. The van der Waals surface area contributed by atoms with Crippen LogP contribution in [0.3, 0.4) is 0 Å². The van der Waals surface area contributed by atoms with Gasteiger partial charge in [0.05, 0.1) is 12.3 Å². The minimum absolute atomic E-state index is 0.0252. The van der Waals surface area contributed by atoms with E-state index < -0.39 is 0 Å². The minimum Gasteiger partial charge on any atom is -0.491 e. The molecule has 1 N–H and O–H groups in total. The summed E-state index contributed by atoms with van der Waals surface area (Å²) in [4.78, 5) is 27.0. The maximum Gasteiger partial charge on any atom is 0.246 e. The molecule has 5 nitrogen and oxygen atoms in total. The Hall–Kier alpha value is -2.79. The monoisotopic (exact) mass is 426 g/mol. The lowest BCUT2D eigenvalue weighted by molar-refractivity contribution is -0.130. The highest BCUT2D eigenvalue weighted by molar-refractivity contribution is 6.31. The fraction of sp³-hybridized carbons (Fsp3) is 0.333. The van der Waals surface area contributed by atoms with Crippen LogP contribution in [-0.4, -0.2) is 36.4 Å². The van der Waals surface area contributed by atoms with E-state index in [-0.39, 0.29) is 17.7 Å². The Balaban J connectivity index is 1.54. The van der Waals surface area contributed by atoms with Gasteiger partial charge in [-0.1, -0.05) is 48.9 Å². The van der Waals surface area contributed by atoms with Crippen molar-refractivity contribution in [2.45, 2.75) is 26.2 Å². The van der Waals surface area contributed by atoms with E-state index in [4.69, 9.17) is 16.3 Å². The number of likely N-dealkylation sites (tertiary alicyclic amines) is 1. The zero-order valence-electron chi connectivity index (χ0n) is 17.1. The average Bonchev–Trinajstić information content (AvgIpc) is 2.77. The zero-order chi connectivity index (χ0) is 21.3. The Bertz CT molecular complexity index is 891. The lowest BCUT2D eigenvalue weighted by atomic mass is 9.95. The van der Waals surface area contributed by atoms with Crippen molar-refractivity contribution in [1.29, 1.82) is 0 Å².